The molecule has 2 atom stereocenters. The second-order valence-electron chi connectivity index (χ2n) is 3.10. The van der Waals surface area contributed by atoms with Crippen LogP contribution in [-0.4, -0.2) is 38.9 Å². The van der Waals surface area contributed by atoms with E-state index in [4.69, 9.17) is 5.84 Å². The van der Waals surface area contributed by atoms with E-state index in [2.05, 4.69) is 4.98 Å². The van der Waals surface area contributed by atoms with Crippen LogP contribution in [0.3, 0.4) is 0 Å². The van der Waals surface area contributed by atoms with Crippen LogP contribution in [-0.2, 0) is 0 Å². The summed E-state index contributed by atoms with van der Waals surface area (Å²) in [6.07, 6.45) is 4.86. The molecule has 0 spiro atoms. The second kappa shape index (κ2) is 2.85. The Morgan fingerprint density at radius 1 is 1.50 bits per heavy atom. The third-order valence-corrected chi connectivity index (χ3v) is 2.20. The molecule has 1 saturated heterocycles. The summed E-state index contributed by atoms with van der Waals surface area (Å²) in [7, 11) is 0. The SMILES string of the molecule is NN1CC(O)C(n2ccnc2)C1. The standard InChI is InChI=1S/C7H12N4O/c8-11-3-6(7(12)4-11)10-2-1-9-5-10/h1-2,5-7,12H,3-4,8H2. The fourth-order valence-electron chi connectivity index (χ4n) is 1.56. The first-order valence-electron chi connectivity index (χ1n) is 3.92. The van der Waals surface area contributed by atoms with Gasteiger partial charge in [-0.25, -0.2) is 9.99 Å². The van der Waals surface area contributed by atoms with Gasteiger partial charge in [-0.1, -0.05) is 0 Å². The molecule has 0 aromatic carbocycles. The van der Waals surface area contributed by atoms with Gasteiger partial charge in [-0.2, -0.15) is 0 Å². The lowest BCUT2D eigenvalue weighted by molar-refractivity contribution is 0.144. The number of imidazole rings is 1. The Bertz CT molecular complexity index is 248. The molecule has 1 aliphatic heterocycles. The Morgan fingerprint density at radius 3 is 2.83 bits per heavy atom. The highest BCUT2D eigenvalue weighted by Crippen LogP contribution is 2.18. The largest absolute Gasteiger partial charge is 0.390 e. The van der Waals surface area contributed by atoms with Crippen LogP contribution >= 0.6 is 0 Å². The quantitative estimate of drug-likeness (QED) is 0.526. The normalized spacial score (nSPS) is 31.2. The minimum absolute atomic E-state index is 0.0532. The van der Waals surface area contributed by atoms with Crippen molar-refractivity contribution in [1.82, 2.24) is 14.6 Å². The van der Waals surface area contributed by atoms with E-state index in [0.717, 1.165) is 0 Å². The number of β-amino-alcohol motifs (C(OH)–C–C–N with tert-alkyl or cyclic N) is 1. The average molecular weight is 168 g/mol. The molecule has 0 radical (unpaired) electrons. The zero-order valence-corrected chi connectivity index (χ0v) is 6.67. The lowest BCUT2D eigenvalue weighted by Gasteiger charge is -2.13. The number of hydrogen-bond donors (Lipinski definition) is 2. The van der Waals surface area contributed by atoms with Crippen LogP contribution in [0.4, 0.5) is 0 Å². The first kappa shape index (κ1) is 7.72. The molecule has 1 fully saturated rings. The Labute approximate surface area is 70.4 Å². The van der Waals surface area contributed by atoms with Gasteiger partial charge in [0.1, 0.15) is 0 Å². The molecule has 66 valence electrons. The summed E-state index contributed by atoms with van der Waals surface area (Å²) in [6.45, 7) is 1.21. The summed E-state index contributed by atoms with van der Waals surface area (Å²) in [4.78, 5) is 3.92. The molecule has 12 heavy (non-hydrogen) atoms. The van der Waals surface area contributed by atoms with Crippen molar-refractivity contribution >= 4 is 0 Å². The zero-order valence-electron chi connectivity index (χ0n) is 6.67. The average Bonchev–Trinajstić information content (AvgIpc) is 2.58. The fourth-order valence-corrected chi connectivity index (χ4v) is 1.56. The number of aromatic nitrogens is 2. The summed E-state index contributed by atoms with van der Waals surface area (Å²) in [5.41, 5.74) is 0. The number of rotatable bonds is 1. The minimum Gasteiger partial charge on any atom is -0.390 e. The predicted molar refractivity (Wildman–Crippen MR) is 43.0 cm³/mol. The Kier molecular flexibility index (Phi) is 1.84. The molecule has 2 heterocycles. The van der Waals surface area contributed by atoms with Crippen molar-refractivity contribution in [2.75, 3.05) is 13.1 Å². The van der Waals surface area contributed by atoms with Gasteiger partial charge in [0.05, 0.1) is 18.5 Å². The highest BCUT2D eigenvalue weighted by molar-refractivity contribution is 4.90. The van der Waals surface area contributed by atoms with Crippen molar-refractivity contribution in [2.45, 2.75) is 12.1 Å². The second-order valence-corrected chi connectivity index (χ2v) is 3.10. The van der Waals surface area contributed by atoms with Crippen LogP contribution in [0.1, 0.15) is 6.04 Å². The number of hydrogen-bond acceptors (Lipinski definition) is 4. The van der Waals surface area contributed by atoms with Crippen molar-refractivity contribution in [3.8, 4) is 0 Å². The van der Waals surface area contributed by atoms with Crippen LogP contribution < -0.4 is 5.84 Å². The third kappa shape index (κ3) is 1.22. The minimum atomic E-state index is -0.385. The van der Waals surface area contributed by atoms with E-state index in [1.807, 2.05) is 10.8 Å². The molecule has 2 rings (SSSR count). The van der Waals surface area contributed by atoms with Crippen LogP contribution in [0.25, 0.3) is 0 Å². The van der Waals surface area contributed by atoms with Gasteiger partial charge in [0, 0.05) is 25.5 Å². The van der Waals surface area contributed by atoms with Crippen molar-refractivity contribution in [2.24, 2.45) is 5.84 Å². The summed E-state index contributed by atoms with van der Waals surface area (Å²) < 4.78 is 1.89. The van der Waals surface area contributed by atoms with Crippen molar-refractivity contribution in [3.63, 3.8) is 0 Å². The Balaban J connectivity index is 2.15. The van der Waals surface area contributed by atoms with Gasteiger partial charge in [-0.15, -0.1) is 0 Å². The van der Waals surface area contributed by atoms with E-state index in [-0.39, 0.29) is 12.1 Å². The summed E-state index contributed by atoms with van der Waals surface area (Å²) >= 11 is 0. The van der Waals surface area contributed by atoms with Gasteiger partial charge < -0.3 is 9.67 Å². The molecule has 0 bridgehead atoms. The third-order valence-electron chi connectivity index (χ3n) is 2.20. The first-order valence-corrected chi connectivity index (χ1v) is 3.92. The monoisotopic (exact) mass is 168 g/mol. The highest BCUT2D eigenvalue weighted by Gasteiger charge is 2.30. The van der Waals surface area contributed by atoms with Crippen LogP contribution in [0.15, 0.2) is 18.7 Å². The zero-order chi connectivity index (χ0) is 8.55. The molecule has 5 heteroatoms. The van der Waals surface area contributed by atoms with Gasteiger partial charge in [-0.3, -0.25) is 5.84 Å². The molecular weight excluding hydrogens is 156 g/mol. The first-order chi connectivity index (χ1) is 5.77. The van der Waals surface area contributed by atoms with Crippen LogP contribution in [0.2, 0.25) is 0 Å². The summed E-state index contributed by atoms with van der Waals surface area (Å²) in [5.74, 6) is 5.56. The number of aliphatic hydroxyl groups is 1. The van der Waals surface area contributed by atoms with Crippen molar-refractivity contribution in [1.29, 1.82) is 0 Å². The molecule has 0 amide bonds. The van der Waals surface area contributed by atoms with E-state index in [1.165, 1.54) is 0 Å². The van der Waals surface area contributed by atoms with E-state index < -0.39 is 0 Å². The molecule has 2 unspecified atom stereocenters. The lowest BCUT2D eigenvalue weighted by atomic mass is 10.2. The number of nitrogens with two attached hydrogens (primary N) is 1. The van der Waals surface area contributed by atoms with Crippen molar-refractivity contribution in [3.05, 3.63) is 18.7 Å². The van der Waals surface area contributed by atoms with Gasteiger partial charge in [0.15, 0.2) is 0 Å². The van der Waals surface area contributed by atoms with Crippen molar-refractivity contribution < 1.29 is 5.11 Å². The topological polar surface area (TPSA) is 67.3 Å². The highest BCUT2D eigenvalue weighted by atomic mass is 16.3. The molecule has 0 saturated carbocycles. The molecule has 1 aliphatic rings. The summed E-state index contributed by atoms with van der Waals surface area (Å²) in [6, 6.07) is 0.0532. The van der Waals surface area contributed by atoms with Gasteiger partial charge in [0.25, 0.3) is 0 Å². The maximum atomic E-state index is 9.56. The molecule has 0 aliphatic carbocycles. The summed E-state index contributed by atoms with van der Waals surface area (Å²) in [5, 5.41) is 11.2. The predicted octanol–water partition coefficient (Wildman–Crippen LogP) is -1.03. The van der Waals surface area contributed by atoms with Gasteiger partial charge >= 0.3 is 0 Å². The maximum Gasteiger partial charge on any atom is 0.0949 e. The van der Waals surface area contributed by atoms with Crippen LogP contribution in [0, 0.1) is 0 Å². The van der Waals surface area contributed by atoms with E-state index in [9.17, 15) is 5.11 Å². The molecular formula is C7H12N4O. The van der Waals surface area contributed by atoms with Crippen LogP contribution in [0.5, 0.6) is 0 Å². The van der Waals surface area contributed by atoms with Gasteiger partial charge in [-0.05, 0) is 0 Å². The maximum absolute atomic E-state index is 9.56. The number of aliphatic hydroxyl groups excluding tert-OH is 1. The Hall–Kier alpha value is -0.910. The molecule has 1 aromatic rings. The van der Waals surface area contributed by atoms with E-state index >= 15 is 0 Å². The smallest absolute Gasteiger partial charge is 0.0949 e. The van der Waals surface area contributed by atoms with Gasteiger partial charge in [0.2, 0.25) is 0 Å². The molecule has 3 N–H and O–H groups in total. The fraction of sp³-hybridized carbons (Fsp3) is 0.571. The van der Waals surface area contributed by atoms with E-state index in [0.29, 0.717) is 13.1 Å². The number of hydrazine groups is 1. The molecule has 5 nitrogen and oxygen atoms in total. The van der Waals surface area contributed by atoms with E-state index in [1.54, 1.807) is 17.5 Å². The lowest BCUT2D eigenvalue weighted by Crippen LogP contribution is -2.28. The number of nitrogens with zero attached hydrogens (tertiary/aromatic N) is 3. The molecule has 1 aromatic heterocycles. The Morgan fingerprint density at radius 2 is 2.33 bits per heavy atom.